The molecule has 2 saturated heterocycles. The van der Waals surface area contributed by atoms with Gasteiger partial charge in [0, 0.05) is 38.3 Å². The molecule has 1 amide bonds. The van der Waals surface area contributed by atoms with Crippen LogP contribution in [0.4, 0.5) is 9.18 Å². The summed E-state index contributed by atoms with van der Waals surface area (Å²) < 4.78 is 20.7. The third-order valence-corrected chi connectivity index (χ3v) is 5.77. The summed E-state index contributed by atoms with van der Waals surface area (Å²) in [5.41, 5.74) is 0.668. The van der Waals surface area contributed by atoms with Crippen molar-refractivity contribution in [2.75, 3.05) is 32.8 Å². The first-order valence-corrected chi connectivity index (χ1v) is 9.63. The lowest BCUT2D eigenvalue weighted by Gasteiger charge is -2.36. The molecule has 0 aliphatic carbocycles. The van der Waals surface area contributed by atoms with E-state index < -0.39 is 5.82 Å². The molecular weight excluding hydrogens is 351 g/mol. The van der Waals surface area contributed by atoms with E-state index >= 15 is 0 Å². The standard InChI is InChI=1S/C19H25FN4O3/c1-2-27-19(26)23-11-8-14(12-23)22-9-6-13(7-10-22)24-16-5-3-4-15(20)17(16)21-18(24)25/h3-5,13-14H,2,6-12H2,1H3,(H,21,25). The Balaban J connectivity index is 1.42. The van der Waals surface area contributed by atoms with Gasteiger partial charge < -0.3 is 14.6 Å². The van der Waals surface area contributed by atoms with Crippen LogP contribution in [0.15, 0.2) is 23.0 Å². The smallest absolute Gasteiger partial charge is 0.409 e. The predicted octanol–water partition coefficient (Wildman–Crippen LogP) is 2.34. The molecule has 4 rings (SSSR count). The molecule has 0 saturated carbocycles. The Morgan fingerprint density at radius 2 is 1.96 bits per heavy atom. The Morgan fingerprint density at radius 1 is 1.22 bits per heavy atom. The molecule has 0 bridgehead atoms. The molecule has 7 nitrogen and oxygen atoms in total. The van der Waals surface area contributed by atoms with Gasteiger partial charge in [-0.15, -0.1) is 0 Å². The number of nitrogens with zero attached hydrogens (tertiary/aromatic N) is 3. The number of H-pyrrole nitrogens is 1. The van der Waals surface area contributed by atoms with Crippen molar-refractivity contribution < 1.29 is 13.9 Å². The summed E-state index contributed by atoms with van der Waals surface area (Å²) in [6.07, 6.45) is 2.38. The van der Waals surface area contributed by atoms with Crippen LogP contribution in [-0.2, 0) is 4.74 Å². The Labute approximate surface area is 156 Å². The molecule has 146 valence electrons. The van der Waals surface area contributed by atoms with Crippen molar-refractivity contribution in [3.05, 3.63) is 34.5 Å². The number of piperidine rings is 1. The van der Waals surface area contributed by atoms with Crippen molar-refractivity contribution in [2.45, 2.75) is 38.3 Å². The number of halogens is 1. The Kier molecular flexibility index (Phi) is 4.90. The van der Waals surface area contributed by atoms with Crippen molar-refractivity contribution in [3.63, 3.8) is 0 Å². The number of imidazole rings is 1. The fraction of sp³-hybridized carbons (Fsp3) is 0.579. The van der Waals surface area contributed by atoms with Crippen molar-refractivity contribution in [1.82, 2.24) is 19.4 Å². The first kappa shape index (κ1) is 18.0. The number of aromatic amines is 1. The molecule has 2 aromatic rings. The molecule has 27 heavy (non-hydrogen) atoms. The van der Waals surface area contributed by atoms with E-state index in [1.807, 2.05) is 6.92 Å². The summed E-state index contributed by atoms with van der Waals surface area (Å²) in [6.45, 7) is 5.35. The van der Waals surface area contributed by atoms with E-state index in [0.717, 1.165) is 38.9 Å². The van der Waals surface area contributed by atoms with Crippen molar-refractivity contribution in [3.8, 4) is 0 Å². The summed E-state index contributed by atoms with van der Waals surface area (Å²) in [5.74, 6) is -0.397. The maximum atomic E-state index is 13.9. The quantitative estimate of drug-likeness (QED) is 0.893. The number of nitrogens with one attached hydrogen (secondary N) is 1. The van der Waals surface area contributed by atoms with Gasteiger partial charge in [0.15, 0.2) is 0 Å². The minimum atomic E-state index is -0.397. The number of carbonyl (C=O) groups is 1. The molecule has 2 aliphatic rings. The van der Waals surface area contributed by atoms with Gasteiger partial charge >= 0.3 is 11.8 Å². The highest BCUT2D eigenvalue weighted by atomic mass is 19.1. The summed E-state index contributed by atoms with van der Waals surface area (Å²) in [4.78, 5) is 31.1. The van der Waals surface area contributed by atoms with Crippen LogP contribution in [0.3, 0.4) is 0 Å². The molecule has 2 aliphatic heterocycles. The van der Waals surface area contributed by atoms with Gasteiger partial charge in [-0.2, -0.15) is 0 Å². The maximum absolute atomic E-state index is 13.9. The lowest BCUT2D eigenvalue weighted by molar-refractivity contribution is 0.105. The number of fused-ring (bicyclic) bond motifs is 1. The number of para-hydroxylation sites is 1. The first-order chi connectivity index (χ1) is 13.1. The van der Waals surface area contributed by atoms with Crippen LogP contribution in [0, 0.1) is 5.82 Å². The molecule has 8 heteroatoms. The second-order valence-electron chi connectivity index (χ2n) is 7.29. The number of aromatic nitrogens is 2. The fourth-order valence-corrected chi connectivity index (χ4v) is 4.41. The van der Waals surface area contributed by atoms with E-state index in [2.05, 4.69) is 9.88 Å². The van der Waals surface area contributed by atoms with E-state index in [9.17, 15) is 14.0 Å². The minimum absolute atomic E-state index is 0.0619. The summed E-state index contributed by atoms with van der Waals surface area (Å²) >= 11 is 0. The van der Waals surface area contributed by atoms with Crippen LogP contribution in [0.2, 0.25) is 0 Å². The number of carbonyl (C=O) groups excluding carboxylic acids is 1. The van der Waals surface area contributed by atoms with E-state index in [4.69, 9.17) is 4.74 Å². The molecule has 1 N–H and O–H groups in total. The van der Waals surface area contributed by atoms with Crippen LogP contribution in [-0.4, -0.2) is 64.3 Å². The van der Waals surface area contributed by atoms with E-state index in [1.54, 1.807) is 21.6 Å². The first-order valence-electron chi connectivity index (χ1n) is 9.63. The average molecular weight is 376 g/mol. The van der Waals surface area contributed by atoms with Gasteiger partial charge in [-0.3, -0.25) is 9.47 Å². The molecular formula is C19H25FN4O3. The number of ether oxygens (including phenoxy) is 1. The highest BCUT2D eigenvalue weighted by molar-refractivity contribution is 5.75. The molecule has 1 atom stereocenters. The number of benzene rings is 1. The predicted molar refractivity (Wildman–Crippen MR) is 99.4 cm³/mol. The van der Waals surface area contributed by atoms with Crippen molar-refractivity contribution in [1.29, 1.82) is 0 Å². The van der Waals surface area contributed by atoms with Gasteiger partial charge in [0.1, 0.15) is 11.3 Å². The van der Waals surface area contributed by atoms with E-state index in [-0.39, 0.29) is 23.3 Å². The largest absolute Gasteiger partial charge is 0.450 e. The molecule has 0 radical (unpaired) electrons. The zero-order valence-corrected chi connectivity index (χ0v) is 15.5. The van der Waals surface area contributed by atoms with Crippen LogP contribution in [0.5, 0.6) is 0 Å². The number of likely N-dealkylation sites (tertiary alicyclic amines) is 2. The minimum Gasteiger partial charge on any atom is -0.450 e. The van der Waals surface area contributed by atoms with Crippen LogP contribution in [0.1, 0.15) is 32.2 Å². The number of rotatable bonds is 3. The van der Waals surface area contributed by atoms with Crippen LogP contribution < -0.4 is 5.69 Å². The molecule has 1 aromatic carbocycles. The van der Waals surface area contributed by atoms with Gasteiger partial charge in [0.25, 0.3) is 0 Å². The second kappa shape index (κ2) is 7.34. The van der Waals surface area contributed by atoms with Gasteiger partial charge in [0.05, 0.1) is 12.1 Å². The molecule has 0 spiro atoms. The molecule has 3 heterocycles. The van der Waals surface area contributed by atoms with Crippen LogP contribution >= 0.6 is 0 Å². The van der Waals surface area contributed by atoms with Gasteiger partial charge in [0.2, 0.25) is 0 Å². The average Bonchev–Trinajstić information content (AvgIpc) is 3.28. The maximum Gasteiger partial charge on any atom is 0.409 e. The summed E-state index contributed by atoms with van der Waals surface area (Å²) in [5, 5.41) is 0. The molecule has 2 fully saturated rings. The molecule has 1 unspecified atom stereocenters. The number of amides is 1. The van der Waals surface area contributed by atoms with Crippen LogP contribution in [0.25, 0.3) is 11.0 Å². The highest BCUT2D eigenvalue weighted by Gasteiger charge is 2.34. The van der Waals surface area contributed by atoms with Gasteiger partial charge in [-0.25, -0.2) is 14.0 Å². The monoisotopic (exact) mass is 376 g/mol. The van der Waals surface area contributed by atoms with E-state index in [0.29, 0.717) is 24.7 Å². The van der Waals surface area contributed by atoms with Gasteiger partial charge in [-0.1, -0.05) is 6.07 Å². The zero-order valence-electron chi connectivity index (χ0n) is 15.5. The van der Waals surface area contributed by atoms with Crippen molar-refractivity contribution in [2.24, 2.45) is 0 Å². The topological polar surface area (TPSA) is 70.6 Å². The highest BCUT2D eigenvalue weighted by Crippen LogP contribution is 2.28. The van der Waals surface area contributed by atoms with E-state index in [1.165, 1.54) is 6.07 Å². The number of hydrogen-bond acceptors (Lipinski definition) is 4. The van der Waals surface area contributed by atoms with Gasteiger partial charge in [-0.05, 0) is 38.3 Å². The lowest BCUT2D eigenvalue weighted by atomic mass is 10.0. The number of hydrogen-bond donors (Lipinski definition) is 1. The second-order valence-corrected chi connectivity index (χ2v) is 7.29. The fourth-order valence-electron chi connectivity index (χ4n) is 4.41. The Bertz CT molecular complexity index is 885. The summed E-state index contributed by atoms with van der Waals surface area (Å²) in [6, 6.07) is 5.19. The summed E-state index contributed by atoms with van der Waals surface area (Å²) in [7, 11) is 0. The zero-order chi connectivity index (χ0) is 19.0. The Morgan fingerprint density at radius 3 is 2.70 bits per heavy atom. The SMILES string of the molecule is CCOC(=O)N1CCC(N2CCC(n3c(=O)[nH]c4c(F)cccc43)CC2)C1. The van der Waals surface area contributed by atoms with Crippen molar-refractivity contribution >= 4 is 17.1 Å². The third-order valence-electron chi connectivity index (χ3n) is 5.77. The third kappa shape index (κ3) is 3.34. The Hall–Kier alpha value is -2.35. The lowest BCUT2D eigenvalue weighted by Crippen LogP contribution is -2.44. The normalized spacial score (nSPS) is 21.9. The molecule has 1 aromatic heterocycles.